The molecule has 1 aromatic rings. The number of aliphatic imine (C=N–C) groups is 1. The zero-order valence-corrected chi connectivity index (χ0v) is 18.2. The number of nitrogens with zero attached hydrogens (tertiary/aromatic N) is 1. The van der Waals surface area contributed by atoms with Crippen LogP contribution in [0.4, 0.5) is 0 Å². The number of hydrogen-bond acceptors (Lipinski definition) is 2. The summed E-state index contributed by atoms with van der Waals surface area (Å²) in [5.74, 6) is 2.71. The summed E-state index contributed by atoms with van der Waals surface area (Å²) in [5, 5.41) is 6.54. The minimum atomic E-state index is -0.853. The molecule has 0 bridgehead atoms. The van der Waals surface area contributed by atoms with E-state index in [1.54, 1.807) is 0 Å². The molecule has 1 atom stereocenters. The van der Waals surface area contributed by atoms with Crippen LogP contribution in [0, 0.1) is 5.92 Å². The first kappa shape index (κ1) is 23.4. The van der Waals surface area contributed by atoms with Crippen molar-refractivity contribution >= 4 is 40.7 Å². The topological polar surface area (TPSA) is 53.5 Å². The van der Waals surface area contributed by atoms with Gasteiger partial charge in [0.05, 0.1) is 0 Å². The van der Waals surface area contributed by atoms with Crippen molar-refractivity contribution < 1.29 is 4.21 Å². The molecule has 2 N–H and O–H groups in total. The van der Waals surface area contributed by atoms with Gasteiger partial charge in [-0.05, 0) is 18.4 Å². The number of nitrogens with one attached hydrogen (secondary N) is 2. The summed E-state index contributed by atoms with van der Waals surface area (Å²) < 4.78 is 12.1. The van der Waals surface area contributed by atoms with Crippen LogP contribution in [0.1, 0.15) is 39.2 Å². The molecule has 0 saturated carbocycles. The Kier molecular flexibility index (Phi) is 14.3. The minimum Gasteiger partial charge on any atom is -0.357 e. The number of halogens is 1. The summed E-state index contributed by atoms with van der Waals surface area (Å²) in [5.41, 5.74) is 1.13. The minimum absolute atomic E-state index is 0. The van der Waals surface area contributed by atoms with Gasteiger partial charge in [0.15, 0.2) is 5.96 Å². The summed E-state index contributed by atoms with van der Waals surface area (Å²) in [4.78, 5) is 4.63. The maximum absolute atomic E-state index is 12.1. The lowest BCUT2D eigenvalue weighted by atomic mass is 10.0. The van der Waals surface area contributed by atoms with Gasteiger partial charge in [-0.1, -0.05) is 57.0 Å². The molecule has 0 spiro atoms. The van der Waals surface area contributed by atoms with Crippen molar-refractivity contribution in [3.8, 4) is 0 Å². The van der Waals surface area contributed by atoms with Crippen LogP contribution in [0.5, 0.6) is 0 Å². The number of guanidine groups is 1. The Hall–Kier alpha value is -0.630. The molecule has 1 aromatic carbocycles. The fourth-order valence-corrected chi connectivity index (χ4v) is 3.26. The van der Waals surface area contributed by atoms with Gasteiger partial charge >= 0.3 is 0 Å². The van der Waals surface area contributed by atoms with Gasteiger partial charge in [0.1, 0.15) is 0 Å². The van der Waals surface area contributed by atoms with E-state index in [-0.39, 0.29) is 24.0 Å². The van der Waals surface area contributed by atoms with Crippen LogP contribution >= 0.6 is 24.0 Å². The van der Waals surface area contributed by atoms with E-state index < -0.39 is 10.8 Å². The van der Waals surface area contributed by atoms with E-state index in [2.05, 4.69) is 36.4 Å². The fraction of sp³-hybridized carbons (Fsp3) is 0.611. The highest BCUT2D eigenvalue weighted by Gasteiger charge is 2.05. The smallest absolute Gasteiger partial charge is 0.191 e. The lowest BCUT2D eigenvalue weighted by Gasteiger charge is -2.14. The van der Waals surface area contributed by atoms with Gasteiger partial charge in [0.25, 0.3) is 0 Å². The second-order valence-corrected chi connectivity index (χ2v) is 7.18. The molecule has 0 fully saturated rings. The monoisotopic (exact) mass is 465 g/mol. The van der Waals surface area contributed by atoms with Crippen LogP contribution in [0.15, 0.2) is 35.3 Å². The van der Waals surface area contributed by atoms with Crippen molar-refractivity contribution in [2.75, 3.05) is 25.4 Å². The van der Waals surface area contributed by atoms with Crippen molar-refractivity contribution in [1.29, 1.82) is 0 Å². The second-order valence-electron chi connectivity index (χ2n) is 5.60. The third kappa shape index (κ3) is 10.3. The van der Waals surface area contributed by atoms with Gasteiger partial charge < -0.3 is 10.6 Å². The van der Waals surface area contributed by atoms with Gasteiger partial charge in [0.2, 0.25) is 0 Å². The largest absolute Gasteiger partial charge is 0.357 e. The van der Waals surface area contributed by atoms with E-state index in [1.807, 2.05) is 30.3 Å². The van der Waals surface area contributed by atoms with Crippen molar-refractivity contribution in [1.82, 2.24) is 10.6 Å². The van der Waals surface area contributed by atoms with E-state index in [0.29, 0.717) is 24.0 Å². The van der Waals surface area contributed by atoms with E-state index >= 15 is 0 Å². The Balaban J connectivity index is 0.00000529. The zero-order chi connectivity index (χ0) is 16.9. The third-order valence-electron chi connectivity index (χ3n) is 3.80. The standard InChI is InChI=1S/C18H31N3OS.HI/c1-4-16(5-2)14-21-18(19-6-3)20-12-13-23(22)15-17-10-8-7-9-11-17;/h7-11,16H,4-6,12-15H2,1-3H3,(H2,19,20,21);1H. The molecule has 0 amide bonds. The van der Waals surface area contributed by atoms with Gasteiger partial charge in [-0.25, -0.2) is 0 Å². The van der Waals surface area contributed by atoms with E-state index in [0.717, 1.165) is 37.5 Å². The highest BCUT2D eigenvalue weighted by atomic mass is 127. The predicted octanol–water partition coefficient (Wildman–Crippen LogP) is 3.54. The summed E-state index contributed by atoms with van der Waals surface area (Å²) in [6.45, 7) is 8.82. The Bertz CT molecular complexity index is 478. The van der Waals surface area contributed by atoms with Crippen molar-refractivity contribution in [2.24, 2.45) is 10.9 Å². The molecule has 4 nitrogen and oxygen atoms in total. The molecule has 1 unspecified atom stereocenters. The molecule has 0 aliphatic carbocycles. The SMILES string of the molecule is CCNC(=NCC(CC)CC)NCCS(=O)Cc1ccccc1.I. The van der Waals surface area contributed by atoms with Crippen molar-refractivity contribution in [3.05, 3.63) is 35.9 Å². The molecule has 0 radical (unpaired) electrons. The van der Waals surface area contributed by atoms with E-state index in [9.17, 15) is 4.21 Å². The zero-order valence-electron chi connectivity index (χ0n) is 15.1. The quantitative estimate of drug-likeness (QED) is 0.316. The molecule has 0 aliphatic rings. The lowest BCUT2D eigenvalue weighted by Crippen LogP contribution is -2.39. The predicted molar refractivity (Wildman–Crippen MR) is 117 cm³/mol. The van der Waals surface area contributed by atoms with Gasteiger partial charge in [-0.15, -0.1) is 24.0 Å². The number of hydrogen-bond donors (Lipinski definition) is 2. The summed E-state index contributed by atoms with van der Waals surface area (Å²) in [7, 11) is -0.853. The van der Waals surface area contributed by atoms with Crippen LogP contribution < -0.4 is 10.6 Å². The molecule has 24 heavy (non-hydrogen) atoms. The average molecular weight is 465 g/mol. The fourth-order valence-electron chi connectivity index (χ4n) is 2.22. The molecular weight excluding hydrogens is 433 g/mol. The Morgan fingerprint density at radius 3 is 2.38 bits per heavy atom. The van der Waals surface area contributed by atoms with Crippen LogP contribution in [0.3, 0.4) is 0 Å². The molecule has 6 heteroatoms. The number of benzene rings is 1. The Labute approximate surface area is 166 Å². The maximum Gasteiger partial charge on any atom is 0.191 e. The highest BCUT2D eigenvalue weighted by molar-refractivity contribution is 14.0. The van der Waals surface area contributed by atoms with Gasteiger partial charge in [0, 0.05) is 41.9 Å². The van der Waals surface area contributed by atoms with Crippen LogP contribution in [0.25, 0.3) is 0 Å². The molecule has 0 saturated heterocycles. The summed E-state index contributed by atoms with van der Waals surface area (Å²) in [6, 6.07) is 9.99. The second kappa shape index (κ2) is 14.7. The first-order valence-electron chi connectivity index (χ1n) is 8.60. The molecule has 1 rings (SSSR count). The van der Waals surface area contributed by atoms with Crippen molar-refractivity contribution in [3.63, 3.8) is 0 Å². The molecule has 0 aliphatic heterocycles. The Morgan fingerprint density at radius 2 is 1.79 bits per heavy atom. The normalized spacial score (nSPS) is 12.6. The summed E-state index contributed by atoms with van der Waals surface area (Å²) in [6.07, 6.45) is 2.31. The van der Waals surface area contributed by atoms with Crippen LogP contribution in [0.2, 0.25) is 0 Å². The van der Waals surface area contributed by atoms with Crippen LogP contribution in [-0.4, -0.2) is 35.6 Å². The number of rotatable bonds is 10. The lowest BCUT2D eigenvalue weighted by molar-refractivity contribution is 0.504. The van der Waals surface area contributed by atoms with Gasteiger partial charge in [-0.3, -0.25) is 9.20 Å². The molecule has 0 aromatic heterocycles. The summed E-state index contributed by atoms with van der Waals surface area (Å²) >= 11 is 0. The molecule has 138 valence electrons. The van der Waals surface area contributed by atoms with E-state index in [1.165, 1.54) is 0 Å². The van der Waals surface area contributed by atoms with Gasteiger partial charge in [-0.2, -0.15) is 0 Å². The van der Waals surface area contributed by atoms with Crippen LogP contribution in [-0.2, 0) is 16.6 Å². The molecule has 0 heterocycles. The third-order valence-corrected chi connectivity index (χ3v) is 5.11. The van der Waals surface area contributed by atoms with Crippen molar-refractivity contribution in [2.45, 2.75) is 39.4 Å². The highest BCUT2D eigenvalue weighted by Crippen LogP contribution is 2.07. The van der Waals surface area contributed by atoms with E-state index in [4.69, 9.17) is 0 Å². The average Bonchev–Trinajstić information content (AvgIpc) is 2.56. The Morgan fingerprint density at radius 1 is 1.12 bits per heavy atom. The molecular formula is C18H32IN3OS. The first-order valence-corrected chi connectivity index (χ1v) is 10.1. The maximum atomic E-state index is 12.1. The first-order chi connectivity index (χ1) is 11.2.